The Labute approximate surface area is 130 Å². The molecule has 2 aromatic rings. The molecule has 0 bridgehead atoms. The van der Waals surface area contributed by atoms with Crippen LogP contribution < -0.4 is 0 Å². The quantitative estimate of drug-likeness (QED) is 0.842. The lowest BCUT2D eigenvalue weighted by Gasteiger charge is -2.10. The van der Waals surface area contributed by atoms with Crippen molar-refractivity contribution in [2.75, 3.05) is 0 Å². The van der Waals surface area contributed by atoms with Gasteiger partial charge in [0.25, 0.3) is 0 Å². The molecule has 0 saturated heterocycles. The second-order valence-electron chi connectivity index (χ2n) is 4.45. The molecule has 114 valence electrons. The first-order valence-corrected chi connectivity index (χ1v) is 9.35. The lowest BCUT2D eigenvalue weighted by atomic mass is 10.1. The third kappa shape index (κ3) is 3.03. The third-order valence-corrected chi connectivity index (χ3v) is 6.03. The second-order valence-corrected chi connectivity index (χ2v) is 8.18. The van der Waals surface area contributed by atoms with Crippen LogP contribution in [0, 0.1) is 0 Å². The number of hydrogen-bond donors (Lipinski definition) is 0. The highest BCUT2D eigenvalue weighted by Gasteiger charge is 2.23. The molecule has 0 spiro atoms. The van der Waals surface area contributed by atoms with Crippen LogP contribution in [0.2, 0.25) is 0 Å². The Morgan fingerprint density at radius 1 is 0.682 bits per heavy atom. The zero-order valence-corrected chi connectivity index (χ0v) is 13.3. The second kappa shape index (κ2) is 5.90. The topological polar surface area (TPSA) is 68.3 Å². The Morgan fingerprint density at radius 2 is 1.23 bits per heavy atom. The summed E-state index contributed by atoms with van der Waals surface area (Å²) < 4.78 is 48.3. The van der Waals surface area contributed by atoms with Crippen LogP contribution in [0.1, 0.15) is 0 Å². The van der Waals surface area contributed by atoms with Gasteiger partial charge in [-0.25, -0.2) is 16.8 Å². The molecule has 0 atom stereocenters. The van der Waals surface area contributed by atoms with Crippen molar-refractivity contribution in [3.63, 3.8) is 0 Å². The molecule has 0 unspecified atom stereocenters. The molecular weight excluding hydrogens is 320 g/mol. The van der Waals surface area contributed by atoms with Crippen LogP contribution in [-0.4, -0.2) is 16.8 Å². The molecule has 22 heavy (non-hydrogen) atoms. The van der Waals surface area contributed by atoms with Gasteiger partial charge in [0.05, 0.1) is 9.79 Å². The molecule has 0 heterocycles. The minimum atomic E-state index is -3.92. The summed E-state index contributed by atoms with van der Waals surface area (Å²) in [7, 11) is -7.80. The van der Waals surface area contributed by atoms with E-state index in [-0.39, 0.29) is 9.79 Å². The molecule has 0 N–H and O–H groups in total. The van der Waals surface area contributed by atoms with Crippen molar-refractivity contribution in [1.82, 2.24) is 0 Å². The van der Waals surface area contributed by atoms with Gasteiger partial charge < -0.3 is 0 Å². The summed E-state index contributed by atoms with van der Waals surface area (Å²) in [5.74, 6) is 0. The van der Waals surface area contributed by atoms with Gasteiger partial charge in [0.1, 0.15) is 0 Å². The average molecular weight is 334 g/mol. The Morgan fingerprint density at radius 3 is 1.77 bits per heavy atom. The first kappa shape index (κ1) is 16.2. The number of hydrogen-bond acceptors (Lipinski definition) is 4. The SMILES string of the molecule is C=CS(=O)(=O)c1ccc(-c2ccccc2)cc1S(=O)(=O)C=C. The molecule has 0 radical (unpaired) electrons. The molecule has 6 heteroatoms. The van der Waals surface area contributed by atoms with E-state index in [0.29, 0.717) is 5.56 Å². The first-order chi connectivity index (χ1) is 10.3. The van der Waals surface area contributed by atoms with E-state index in [4.69, 9.17) is 0 Å². The summed E-state index contributed by atoms with van der Waals surface area (Å²) in [6.07, 6.45) is 0. The predicted molar refractivity (Wildman–Crippen MR) is 86.6 cm³/mol. The summed E-state index contributed by atoms with van der Waals surface area (Å²) in [5, 5.41) is 1.46. The predicted octanol–water partition coefficient (Wildman–Crippen LogP) is 3.19. The molecule has 0 aliphatic carbocycles. The maximum atomic E-state index is 12.2. The van der Waals surface area contributed by atoms with E-state index in [2.05, 4.69) is 13.2 Å². The fourth-order valence-electron chi connectivity index (χ4n) is 1.96. The van der Waals surface area contributed by atoms with Crippen LogP contribution in [0.5, 0.6) is 0 Å². The summed E-state index contributed by atoms with van der Waals surface area (Å²) in [6, 6.07) is 13.2. The zero-order valence-electron chi connectivity index (χ0n) is 11.6. The van der Waals surface area contributed by atoms with Crippen LogP contribution in [0.25, 0.3) is 11.1 Å². The number of sulfone groups is 2. The molecule has 0 aliphatic heterocycles. The minimum absolute atomic E-state index is 0.302. The van der Waals surface area contributed by atoms with Gasteiger partial charge in [-0.3, -0.25) is 0 Å². The Kier molecular flexibility index (Phi) is 4.35. The zero-order chi connectivity index (χ0) is 16.4. The Bertz CT molecular complexity index is 925. The van der Waals surface area contributed by atoms with E-state index in [1.54, 1.807) is 18.2 Å². The average Bonchev–Trinajstić information content (AvgIpc) is 2.55. The minimum Gasteiger partial charge on any atom is -0.219 e. The molecule has 0 saturated carbocycles. The van der Waals surface area contributed by atoms with Gasteiger partial charge in [0.2, 0.25) is 19.7 Å². The first-order valence-electron chi connectivity index (χ1n) is 6.26. The van der Waals surface area contributed by atoms with Gasteiger partial charge in [-0.2, -0.15) is 0 Å². The monoisotopic (exact) mass is 334 g/mol. The normalized spacial score (nSPS) is 11.8. The molecule has 0 fully saturated rings. The van der Waals surface area contributed by atoms with Crippen molar-refractivity contribution >= 4 is 19.7 Å². The van der Waals surface area contributed by atoms with Gasteiger partial charge in [-0.15, -0.1) is 0 Å². The standard InChI is InChI=1S/C16H14O4S2/c1-3-21(17,18)15-11-10-14(13-8-6-5-7-9-13)12-16(15)22(19,20)4-2/h3-12H,1-2H2. The van der Waals surface area contributed by atoms with Crippen molar-refractivity contribution in [2.45, 2.75) is 9.79 Å². The van der Waals surface area contributed by atoms with E-state index in [1.165, 1.54) is 12.1 Å². The van der Waals surface area contributed by atoms with Crippen molar-refractivity contribution in [1.29, 1.82) is 0 Å². The van der Waals surface area contributed by atoms with Crippen molar-refractivity contribution in [3.05, 3.63) is 72.5 Å². The summed E-state index contributed by atoms with van der Waals surface area (Å²) in [4.78, 5) is -0.606. The maximum Gasteiger partial charge on any atom is 0.200 e. The Balaban J connectivity index is 2.81. The smallest absolute Gasteiger partial charge is 0.200 e. The van der Waals surface area contributed by atoms with Gasteiger partial charge in [-0.05, 0) is 23.3 Å². The van der Waals surface area contributed by atoms with Gasteiger partial charge in [0.15, 0.2) is 0 Å². The highest BCUT2D eigenvalue weighted by atomic mass is 32.2. The third-order valence-electron chi connectivity index (χ3n) is 3.10. The van der Waals surface area contributed by atoms with E-state index >= 15 is 0 Å². The maximum absolute atomic E-state index is 12.2. The van der Waals surface area contributed by atoms with E-state index < -0.39 is 19.7 Å². The van der Waals surface area contributed by atoms with E-state index in [1.807, 2.05) is 18.2 Å². The lowest BCUT2D eigenvalue weighted by molar-refractivity contribution is 0.592. The van der Waals surface area contributed by atoms with Gasteiger partial charge >= 0.3 is 0 Å². The molecule has 0 amide bonds. The molecule has 4 nitrogen and oxygen atoms in total. The van der Waals surface area contributed by atoms with Crippen LogP contribution in [0.4, 0.5) is 0 Å². The Hall–Kier alpha value is -2.18. The van der Waals surface area contributed by atoms with Crippen LogP contribution in [-0.2, 0) is 19.7 Å². The number of rotatable bonds is 5. The largest absolute Gasteiger partial charge is 0.219 e. The fourth-order valence-corrected chi connectivity index (χ4v) is 4.25. The summed E-state index contributed by atoms with van der Waals surface area (Å²) >= 11 is 0. The van der Waals surface area contributed by atoms with E-state index in [0.717, 1.165) is 16.4 Å². The molecule has 0 aromatic heterocycles. The van der Waals surface area contributed by atoms with Crippen molar-refractivity contribution < 1.29 is 16.8 Å². The van der Waals surface area contributed by atoms with Crippen LogP contribution in [0.3, 0.4) is 0 Å². The van der Waals surface area contributed by atoms with Crippen LogP contribution in [0.15, 0.2) is 82.3 Å². The highest BCUT2D eigenvalue weighted by Crippen LogP contribution is 2.29. The molecular formula is C16H14O4S2. The van der Waals surface area contributed by atoms with Crippen LogP contribution >= 0.6 is 0 Å². The van der Waals surface area contributed by atoms with E-state index in [9.17, 15) is 16.8 Å². The van der Waals surface area contributed by atoms with Gasteiger partial charge in [-0.1, -0.05) is 49.6 Å². The molecule has 0 aliphatic rings. The molecule has 2 aromatic carbocycles. The molecule has 2 rings (SSSR count). The summed E-state index contributed by atoms with van der Waals surface area (Å²) in [5.41, 5.74) is 1.38. The summed E-state index contributed by atoms with van der Waals surface area (Å²) in [6.45, 7) is 6.48. The lowest BCUT2D eigenvalue weighted by Crippen LogP contribution is -2.06. The van der Waals surface area contributed by atoms with Gasteiger partial charge in [0, 0.05) is 10.8 Å². The fraction of sp³-hybridized carbons (Fsp3) is 0. The number of benzene rings is 2. The van der Waals surface area contributed by atoms with Crippen molar-refractivity contribution in [3.8, 4) is 11.1 Å². The highest BCUT2D eigenvalue weighted by molar-refractivity contribution is 7.97. The van der Waals surface area contributed by atoms with Crippen molar-refractivity contribution in [2.24, 2.45) is 0 Å².